The van der Waals surface area contributed by atoms with Crippen molar-refractivity contribution in [3.05, 3.63) is 23.8 Å². The van der Waals surface area contributed by atoms with Gasteiger partial charge in [0.15, 0.2) is 0 Å². The maximum absolute atomic E-state index is 12.0. The highest BCUT2D eigenvalue weighted by Crippen LogP contribution is 2.34. The number of hydrogen-bond donors (Lipinski definition) is 1. The van der Waals surface area contributed by atoms with E-state index in [0.29, 0.717) is 12.2 Å². The minimum absolute atomic E-state index is 0.325. The quantitative estimate of drug-likeness (QED) is 0.702. The number of benzene rings is 1. The number of hydrogen-bond acceptors (Lipinski definition) is 3. The zero-order chi connectivity index (χ0) is 12.6. The molecular formula is C13H18N2O2. The Labute approximate surface area is 101 Å². The number of carbonyl (C=O) groups excluding carboxylic acids is 1. The highest BCUT2D eigenvalue weighted by atomic mass is 16.6. The van der Waals surface area contributed by atoms with Crippen molar-refractivity contribution >= 4 is 17.5 Å². The molecule has 92 valence electrons. The highest BCUT2D eigenvalue weighted by Gasteiger charge is 2.30. The van der Waals surface area contributed by atoms with Crippen LogP contribution in [-0.4, -0.2) is 18.2 Å². The monoisotopic (exact) mass is 234 g/mol. The van der Waals surface area contributed by atoms with E-state index in [-0.39, 0.29) is 6.09 Å². The van der Waals surface area contributed by atoms with Gasteiger partial charge in [0, 0.05) is 6.54 Å². The molecule has 17 heavy (non-hydrogen) atoms. The van der Waals surface area contributed by atoms with Crippen molar-refractivity contribution < 1.29 is 9.53 Å². The minimum atomic E-state index is -0.483. The smallest absolute Gasteiger partial charge is 0.414 e. The van der Waals surface area contributed by atoms with Gasteiger partial charge in [-0.2, -0.15) is 0 Å². The Morgan fingerprint density at radius 2 is 2.12 bits per heavy atom. The van der Waals surface area contributed by atoms with E-state index in [2.05, 4.69) is 0 Å². The first-order chi connectivity index (χ1) is 7.88. The second-order valence-electron chi connectivity index (χ2n) is 5.24. The van der Waals surface area contributed by atoms with Gasteiger partial charge in [0.05, 0.1) is 11.4 Å². The van der Waals surface area contributed by atoms with Crippen LogP contribution in [0.1, 0.15) is 26.3 Å². The summed E-state index contributed by atoms with van der Waals surface area (Å²) in [7, 11) is 0. The number of fused-ring (bicyclic) bond motifs is 1. The van der Waals surface area contributed by atoms with Crippen LogP contribution in [0.2, 0.25) is 0 Å². The lowest BCUT2D eigenvalue weighted by atomic mass is 10.1. The maximum atomic E-state index is 12.0. The van der Waals surface area contributed by atoms with Crippen LogP contribution in [0.4, 0.5) is 16.2 Å². The van der Waals surface area contributed by atoms with E-state index in [1.807, 2.05) is 39.0 Å². The lowest BCUT2D eigenvalue weighted by molar-refractivity contribution is 0.0584. The lowest BCUT2D eigenvalue weighted by Gasteiger charge is -2.25. The van der Waals surface area contributed by atoms with Crippen molar-refractivity contribution in [2.24, 2.45) is 0 Å². The topological polar surface area (TPSA) is 55.6 Å². The number of amides is 1. The number of carbonyl (C=O) groups is 1. The number of para-hydroxylation sites is 1. The lowest BCUT2D eigenvalue weighted by Crippen LogP contribution is -2.36. The van der Waals surface area contributed by atoms with Gasteiger partial charge in [-0.25, -0.2) is 4.79 Å². The Bertz CT molecular complexity index is 449. The van der Waals surface area contributed by atoms with Crippen LogP contribution in [-0.2, 0) is 11.2 Å². The maximum Gasteiger partial charge on any atom is 0.414 e. The number of nitrogens with two attached hydrogens (primary N) is 1. The second-order valence-corrected chi connectivity index (χ2v) is 5.24. The van der Waals surface area contributed by atoms with Crippen molar-refractivity contribution in [2.75, 3.05) is 17.2 Å². The van der Waals surface area contributed by atoms with Crippen molar-refractivity contribution in [3.63, 3.8) is 0 Å². The first kappa shape index (κ1) is 11.8. The van der Waals surface area contributed by atoms with Gasteiger partial charge >= 0.3 is 6.09 Å². The normalized spacial score (nSPS) is 14.6. The number of ether oxygens (including phenoxy) is 1. The molecule has 0 fully saturated rings. The van der Waals surface area contributed by atoms with E-state index in [1.165, 1.54) is 0 Å². The third-order valence-corrected chi connectivity index (χ3v) is 2.64. The fourth-order valence-corrected chi connectivity index (χ4v) is 1.99. The van der Waals surface area contributed by atoms with E-state index in [9.17, 15) is 4.79 Å². The largest absolute Gasteiger partial charge is 0.443 e. The first-order valence-electron chi connectivity index (χ1n) is 5.76. The third kappa shape index (κ3) is 2.35. The molecule has 1 aliphatic rings. The molecule has 0 bridgehead atoms. The predicted octanol–water partition coefficient (Wildman–Crippen LogP) is 2.57. The molecule has 1 aliphatic heterocycles. The Hall–Kier alpha value is -1.71. The Kier molecular flexibility index (Phi) is 2.73. The zero-order valence-electron chi connectivity index (χ0n) is 10.5. The van der Waals surface area contributed by atoms with Crippen molar-refractivity contribution in [3.8, 4) is 0 Å². The molecule has 0 saturated heterocycles. The summed E-state index contributed by atoms with van der Waals surface area (Å²) in [4.78, 5) is 13.6. The molecule has 1 amide bonds. The Morgan fingerprint density at radius 1 is 1.41 bits per heavy atom. The van der Waals surface area contributed by atoms with E-state index < -0.39 is 5.60 Å². The molecule has 4 nitrogen and oxygen atoms in total. The van der Waals surface area contributed by atoms with Gasteiger partial charge in [0.1, 0.15) is 5.60 Å². The summed E-state index contributed by atoms with van der Waals surface area (Å²) in [6, 6.07) is 5.71. The van der Waals surface area contributed by atoms with Gasteiger partial charge in [-0.15, -0.1) is 0 Å². The van der Waals surface area contributed by atoms with Crippen molar-refractivity contribution in [1.82, 2.24) is 0 Å². The van der Waals surface area contributed by atoms with Crippen LogP contribution in [0.5, 0.6) is 0 Å². The number of rotatable bonds is 0. The summed E-state index contributed by atoms with van der Waals surface area (Å²) in [5.74, 6) is 0. The van der Waals surface area contributed by atoms with Gasteiger partial charge in [-0.3, -0.25) is 4.90 Å². The molecule has 0 radical (unpaired) electrons. The fraction of sp³-hybridized carbons (Fsp3) is 0.462. The van der Waals surface area contributed by atoms with Crippen molar-refractivity contribution in [2.45, 2.75) is 32.8 Å². The van der Waals surface area contributed by atoms with E-state index in [0.717, 1.165) is 17.7 Å². The molecule has 1 heterocycles. The summed E-state index contributed by atoms with van der Waals surface area (Å²) in [5, 5.41) is 0. The summed E-state index contributed by atoms with van der Waals surface area (Å²) >= 11 is 0. The van der Waals surface area contributed by atoms with E-state index in [1.54, 1.807) is 4.90 Å². The average Bonchev–Trinajstić information content (AvgIpc) is 2.60. The molecule has 0 unspecified atom stereocenters. The molecule has 0 aromatic heterocycles. The van der Waals surface area contributed by atoms with Crippen LogP contribution in [0.15, 0.2) is 18.2 Å². The van der Waals surface area contributed by atoms with Crippen LogP contribution >= 0.6 is 0 Å². The molecule has 2 N–H and O–H groups in total. The van der Waals surface area contributed by atoms with Gasteiger partial charge in [-0.05, 0) is 38.8 Å². The third-order valence-electron chi connectivity index (χ3n) is 2.64. The molecular weight excluding hydrogens is 216 g/mol. The van der Waals surface area contributed by atoms with Crippen molar-refractivity contribution in [1.29, 1.82) is 0 Å². The summed E-state index contributed by atoms with van der Waals surface area (Å²) < 4.78 is 5.36. The van der Waals surface area contributed by atoms with Crippen LogP contribution in [0.25, 0.3) is 0 Å². The number of anilines is 2. The predicted molar refractivity (Wildman–Crippen MR) is 68.1 cm³/mol. The number of nitrogen functional groups attached to an aromatic ring is 1. The second kappa shape index (κ2) is 3.95. The van der Waals surface area contributed by atoms with Gasteiger partial charge in [0.25, 0.3) is 0 Å². The Morgan fingerprint density at radius 3 is 2.76 bits per heavy atom. The summed E-state index contributed by atoms with van der Waals surface area (Å²) in [6.07, 6.45) is 0.508. The number of nitrogens with zero attached hydrogens (tertiary/aromatic N) is 1. The van der Waals surface area contributed by atoms with Gasteiger partial charge < -0.3 is 10.5 Å². The minimum Gasteiger partial charge on any atom is -0.443 e. The molecule has 0 saturated carbocycles. The van der Waals surface area contributed by atoms with Crippen LogP contribution < -0.4 is 10.6 Å². The molecule has 0 spiro atoms. The summed E-state index contributed by atoms with van der Waals surface area (Å²) in [6.45, 7) is 6.21. The van der Waals surface area contributed by atoms with Gasteiger partial charge in [-0.1, -0.05) is 12.1 Å². The van der Waals surface area contributed by atoms with E-state index >= 15 is 0 Å². The average molecular weight is 234 g/mol. The fourth-order valence-electron chi connectivity index (χ4n) is 1.99. The van der Waals surface area contributed by atoms with Crippen LogP contribution in [0, 0.1) is 0 Å². The molecule has 0 atom stereocenters. The molecule has 0 aliphatic carbocycles. The SMILES string of the molecule is CC(C)(C)OC(=O)N1CCc2cccc(N)c21. The van der Waals surface area contributed by atoms with Crippen LogP contribution in [0.3, 0.4) is 0 Å². The summed E-state index contributed by atoms with van der Waals surface area (Å²) in [5.41, 5.74) is 7.98. The molecule has 4 heteroatoms. The Balaban J connectivity index is 2.25. The molecule has 1 aromatic rings. The zero-order valence-corrected chi connectivity index (χ0v) is 10.5. The standard InChI is InChI=1S/C13H18N2O2/c1-13(2,3)17-12(16)15-8-7-9-5-4-6-10(14)11(9)15/h4-6H,7-8,14H2,1-3H3. The van der Waals surface area contributed by atoms with E-state index in [4.69, 9.17) is 10.5 Å². The van der Waals surface area contributed by atoms with Gasteiger partial charge in [0.2, 0.25) is 0 Å². The first-order valence-corrected chi connectivity index (χ1v) is 5.76. The highest BCUT2D eigenvalue weighted by molar-refractivity contribution is 5.94. The molecule has 1 aromatic carbocycles. The molecule has 2 rings (SSSR count).